The van der Waals surface area contributed by atoms with Gasteiger partial charge in [-0.15, -0.1) is 0 Å². The number of halogens is 3. The minimum absolute atomic E-state index is 0.0375. The molecular weight excluding hydrogens is 447 g/mol. The van der Waals surface area contributed by atoms with Crippen LogP contribution >= 0.6 is 0 Å². The van der Waals surface area contributed by atoms with E-state index in [0.717, 1.165) is 12.3 Å². The number of alkyl halides is 3. The van der Waals surface area contributed by atoms with E-state index in [1.165, 1.54) is 29.2 Å². The van der Waals surface area contributed by atoms with Crippen molar-refractivity contribution in [3.63, 3.8) is 0 Å². The molecule has 1 aliphatic heterocycles. The minimum atomic E-state index is -4.60. The molecule has 0 saturated carbocycles. The molecule has 0 bridgehead atoms. The van der Waals surface area contributed by atoms with E-state index in [2.05, 4.69) is 0 Å². The summed E-state index contributed by atoms with van der Waals surface area (Å²) in [5.41, 5.74) is 0.0472. The van der Waals surface area contributed by atoms with Crippen LogP contribution in [-0.4, -0.2) is 38.2 Å². The molecule has 0 spiro atoms. The van der Waals surface area contributed by atoms with Crippen LogP contribution in [0.15, 0.2) is 35.2 Å². The lowest BCUT2D eigenvalue weighted by atomic mass is 10.0. The van der Waals surface area contributed by atoms with Crippen molar-refractivity contribution >= 4 is 15.7 Å². The number of sulfone groups is 1. The van der Waals surface area contributed by atoms with Gasteiger partial charge in [0.25, 0.3) is 5.91 Å². The number of hydrogen-bond donors (Lipinski definition) is 0. The fourth-order valence-electron chi connectivity index (χ4n) is 3.50. The van der Waals surface area contributed by atoms with Crippen molar-refractivity contribution in [2.24, 2.45) is 0 Å². The van der Waals surface area contributed by atoms with Crippen molar-refractivity contribution < 1.29 is 35.9 Å². The standard InChI is InChI=1S/C22H24F3NO5S/c1-5-30-20-9-15-12-26(11-14(15)8-18(20)22(23,24)25)21(27)17-10-16(32(4,28)29)6-7-19(17)31-13(2)3/h6-10,13H,5,11-12H2,1-4H3. The molecule has 0 aromatic heterocycles. The third-order valence-electron chi connectivity index (χ3n) is 4.89. The highest BCUT2D eigenvalue weighted by Gasteiger charge is 2.37. The lowest BCUT2D eigenvalue weighted by Gasteiger charge is -2.20. The summed E-state index contributed by atoms with van der Waals surface area (Å²) in [5.74, 6) is -0.607. The Morgan fingerprint density at radius 3 is 2.25 bits per heavy atom. The highest BCUT2D eigenvalue weighted by Crippen LogP contribution is 2.40. The summed E-state index contributed by atoms with van der Waals surface area (Å²) in [6.07, 6.45) is -3.84. The number of nitrogens with zero attached hydrogens (tertiary/aromatic N) is 1. The Balaban J connectivity index is 1.99. The number of hydrogen-bond acceptors (Lipinski definition) is 5. The maximum absolute atomic E-state index is 13.5. The molecule has 10 heteroatoms. The SMILES string of the molecule is CCOc1cc2c(cc1C(F)(F)F)CN(C(=O)c1cc(S(C)(=O)=O)ccc1OC(C)C)C2. The smallest absolute Gasteiger partial charge is 0.419 e. The molecule has 3 rings (SSSR count). The summed E-state index contributed by atoms with van der Waals surface area (Å²) in [6.45, 7) is 5.20. The van der Waals surface area contributed by atoms with E-state index in [4.69, 9.17) is 9.47 Å². The lowest BCUT2D eigenvalue weighted by molar-refractivity contribution is -0.139. The summed E-state index contributed by atoms with van der Waals surface area (Å²) < 4.78 is 75.2. The molecule has 0 aliphatic carbocycles. The molecule has 1 aliphatic rings. The van der Waals surface area contributed by atoms with Gasteiger partial charge in [0.05, 0.1) is 28.7 Å². The molecule has 174 valence electrons. The zero-order valence-electron chi connectivity index (χ0n) is 18.1. The van der Waals surface area contributed by atoms with E-state index in [-0.39, 0.29) is 47.8 Å². The topological polar surface area (TPSA) is 72.9 Å². The van der Waals surface area contributed by atoms with Crippen LogP contribution in [0.4, 0.5) is 13.2 Å². The zero-order chi connectivity index (χ0) is 23.8. The van der Waals surface area contributed by atoms with Gasteiger partial charge in [0.1, 0.15) is 11.5 Å². The van der Waals surface area contributed by atoms with E-state index in [1.807, 2.05) is 0 Å². The molecule has 32 heavy (non-hydrogen) atoms. The Hall–Kier alpha value is -2.75. The molecule has 0 atom stereocenters. The molecule has 0 unspecified atom stereocenters. The van der Waals surface area contributed by atoms with E-state index in [0.29, 0.717) is 11.1 Å². The van der Waals surface area contributed by atoms with Gasteiger partial charge in [-0.05, 0) is 62.2 Å². The molecule has 0 radical (unpaired) electrons. The van der Waals surface area contributed by atoms with Gasteiger partial charge in [-0.3, -0.25) is 4.79 Å². The van der Waals surface area contributed by atoms with Gasteiger partial charge < -0.3 is 14.4 Å². The second kappa shape index (κ2) is 8.65. The van der Waals surface area contributed by atoms with Crippen molar-refractivity contribution in [2.75, 3.05) is 12.9 Å². The van der Waals surface area contributed by atoms with Crippen molar-refractivity contribution in [3.05, 3.63) is 52.6 Å². The second-order valence-corrected chi connectivity index (χ2v) is 9.82. The zero-order valence-corrected chi connectivity index (χ0v) is 18.9. The van der Waals surface area contributed by atoms with E-state index >= 15 is 0 Å². The number of carbonyl (C=O) groups is 1. The number of carbonyl (C=O) groups excluding carboxylic acids is 1. The number of rotatable bonds is 6. The first-order valence-electron chi connectivity index (χ1n) is 9.97. The normalized spacial score (nSPS) is 13.9. The van der Waals surface area contributed by atoms with Gasteiger partial charge in [-0.1, -0.05) is 0 Å². The third kappa shape index (κ3) is 5.01. The quantitative estimate of drug-likeness (QED) is 0.623. The molecule has 6 nitrogen and oxygen atoms in total. The van der Waals surface area contributed by atoms with Crippen LogP contribution in [0, 0.1) is 0 Å². The predicted octanol–water partition coefficient (Wildman–Crippen LogP) is 4.45. The maximum Gasteiger partial charge on any atom is 0.419 e. The largest absolute Gasteiger partial charge is 0.493 e. The molecule has 1 heterocycles. The summed E-state index contributed by atoms with van der Waals surface area (Å²) in [6, 6.07) is 6.33. The van der Waals surface area contributed by atoms with Gasteiger partial charge in [-0.25, -0.2) is 8.42 Å². The molecule has 0 N–H and O–H groups in total. The summed E-state index contributed by atoms with van der Waals surface area (Å²) in [7, 11) is -3.58. The molecular formula is C22H24F3NO5S. The molecule has 0 fully saturated rings. The van der Waals surface area contributed by atoms with Crippen LogP contribution < -0.4 is 9.47 Å². The fourth-order valence-corrected chi connectivity index (χ4v) is 4.15. The van der Waals surface area contributed by atoms with Crippen LogP contribution in [-0.2, 0) is 29.1 Å². The van der Waals surface area contributed by atoms with Crippen molar-refractivity contribution in [1.82, 2.24) is 4.90 Å². The summed E-state index contributed by atoms with van der Waals surface area (Å²) >= 11 is 0. The third-order valence-corrected chi connectivity index (χ3v) is 6.00. The predicted molar refractivity (Wildman–Crippen MR) is 112 cm³/mol. The monoisotopic (exact) mass is 471 g/mol. The van der Waals surface area contributed by atoms with Crippen LogP contribution in [0.3, 0.4) is 0 Å². The van der Waals surface area contributed by atoms with Gasteiger partial charge in [0.2, 0.25) is 0 Å². The van der Waals surface area contributed by atoms with Crippen molar-refractivity contribution in [3.8, 4) is 11.5 Å². The van der Waals surface area contributed by atoms with Crippen molar-refractivity contribution in [2.45, 2.75) is 51.0 Å². The minimum Gasteiger partial charge on any atom is -0.493 e. The molecule has 2 aromatic carbocycles. The molecule has 0 saturated heterocycles. The first-order chi connectivity index (χ1) is 14.8. The van der Waals surface area contributed by atoms with Gasteiger partial charge >= 0.3 is 6.18 Å². The first kappa shape index (κ1) is 23.9. The molecule has 2 aromatic rings. The highest BCUT2D eigenvalue weighted by molar-refractivity contribution is 7.90. The van der Waals surface area contributed by atoms with E-state index in [9.17, 15) is 26.4 Å². The van der Waals surface area contributed by atoms with Crippen molar-refractivity contribution in [1.29, 1.82) is 0 Å². The summed E-state index contributed by atoms with van der Waals surface area (Å²) in [4.78, 5) is 14.6. The Labute approximate surface area is 184 Å². The van der Waals surface area contributed by atoms with Gasteiger partial charge in [0, 0.05) is 19.3 Å². The van der Waals surface area contributed by atoms with E-state index < -0.39 is 27.5 Å². The Morgan fingerprint density at radius 2 is 1.72 bits per heavy atom. The maximum atomic E-state index is 13.5. The van der Waals surface area contributed by atoms with Crippen LogP contribution in [0.2, 0.25) is 0 Å². The van der Waals surface area contributed by atoms with Crippen LogP contribution in [0.1, 0.15) is 47.8 Å². The number of benzene rings is 2. The number of fused-ring (bicyclic) bond motifs is 1. The number of amides is 1. The number of ether oxygens (including phenoxy) is 2. The first-order valence-corrected chi connectivity index (χ1v) is 11.9. The van der Waals surface area contributed by atoms with Crippen LogP contribution in [0.25, 0.3) is 0 Å². The van der Waals surface area contributed by atoms with E-state index in [1.54, 1.807) is 20.8 Å². The fraction of sp³-hybridized carbons (Fsp3) is 0.409. The molecule has 1 amide bonds. The second-order valence-electron chi connectivity index (χ2n) is 7.81. The Kier molecular flexibility index (Phi) is 6.46. The summed E-state index contributed by atoms with van der Waals surface area (Å²) in [5, 5.41) is 0. The van der Waals surface area contributed by atoms with Gasteiger partial charge in [0.15, 0.2) is 9.84 Å². The average Bonchev–Trinajstić information content (AvgIpc) is 3.08. The Bertz CT molecular complexity index is 1140. The lowest BCUT2D eigenvalue weighted by Crippen LogP contribution is -2.26. The highest BCUT2D eigenvalue weighted by atomic mass is 32.2. The Morgan fingerprint density at radius 1 is 1.09 bits per heavy atom. The average molecular weight is 471 g/mol. The van der Waals surface area contributed by atoms with Crippen LogP contribution in [0.5, 0.6) is 11.5 Å². The van der Waals surface area contributed by atoms with Gasteiger partial charge in [-0.2, -0.15) is 13.2 Å².